The third-order valence-corrected chi connectivity index (χ3v) is 5.25. The van der Waals surface area contributed by atoms with Gasteiger partial charge < -0.3 is 10.7 Å². The molecular formula is C21H12N6O6. The Bertz CT molecular complexity index is 1670. The number of amides is 2. The molecule has 0 saturated carbocycles. The van der Waals surface area contributed by atoms with Crippen LogP contribution in [0.15, 0.2) is 58.1 Å². The summed E-state index contributed by atoms with van der Waals surface area (Å²) >= 11 is 0. The second kappa shape index (κ2) is 6.95. The average Bonchev–Trinajstić information content (AvgIpc) is 3.06. The molecule has 0 unspecified atom stereocenters. The maximum Gasteiger partial charge on any atom is 0.271 e. The molecular weight excluding hydrogens is 432 g/mol. The van der Waals surface area contributed by atoms with Gasteiger partial charge in [0.1, 0.15) is 11.6 Å². The molecule has 5 rings (SSSR count). The number of anilines is 1. The van der Waals surface area contributed by atoms with Crippen LogP contribution < -0.4 is 22.2 Å². The molecule has 0 saturated heterocycles. The standard InChI is InChI=1S/C21H12N6O6/c22-17-16-12(20(30)25-21(16)31)8-15(28)26(17)14-7-9(27(32)33)5-6-11(14)18-23-13-4-2-1-3-10(13)19(29)24-18/h1-8H,22H2,(H,23,24,29)(H,25,30,31). The lowest BCUT2D eigenvalue weighted by molar-refractivity contribution is -0.384. The number of benzene rings is 2. The van der Waals surface area contributed by atoms with Crippen LogP contribution in [0.1, 0.15) is 20.7 Å². The summed E-state index contributed by atoms with van der Waals surface area (Å²) in [6, 6.07) is 11.0. The number of carbonyl (C=O) groups excluding carboxylic acids is 2. The van der Waals surface area contributed by atoms with Crippen molar-refractivity contribution in [1.29, 1.82) is 0 Å². The molecule has 162 valence electrons. The normalized spacial score (nSPS) is 12.6. The first kappa shape index (κ1) is 19.8. The fraction of sp³-hybridized carbons (Fsp3) is 0. The molecule has 12 heteroatoms. The number of nitro benzene ring substituents is 1. The van der Waals surface area contributed by atoms with Crippen molar-refractivity contribution in [3.63, 3.8) is 0 Å². The molecule has 0 radical (unpaired) electrons. The summed E-state index contributed by atoms with van der Waals surface area (Å²) < 4.78 is 0.870. The zero-order chi connectivity index (χ0) is 23.4. The van der Waals surface area contributed by atoms with Gasteiger partial charge in [-0.15, -0.1) is 0 Å². The van der Waals surface area contributed by atoms with E-state index >= 15 is 0 Å². The predicted molar refractivity (Wildman–Crippen MR) is 116 cm³/mol. The molecule has 0 atom stereocenters. The Morgan fingerprint density at radius 1 is 0.970 bits per heavy atom. The smallest absolute Gasteiger partial charge is 0.271 e. The van der Waals surface area contributed by atoms with E-state index in [0.717, 1.165) is 16.7 Å². The topological polar surface area (TPSA) is 183 Å². The molecule has 0 fully saturated rings. The third kappa shape index (κ3) is 2.96. The number of nitrogens with zero attached hydrogens (tertiary/aromatic N) is 3. The number of hydrogen-bond acceptors (Lipinski definition) is 8. The number of fused-ring (bicyclic) bond motifs is 2. The maximum atomic E-state index is 12.9. The minimum absolute atomic E-state index is 0.0240. The lowest BCUT2D eigenvalue weighted by Gasteiger charge is -2.15. The van der Waals surface area contributed by atoms with Gasteiger partial charge in [-0.2, -0.15) is 0 Å². The molecule has 4 N–H and O–H groups in total. The van der Waals surface area contributed by atoms with E-state index in [1.165, 1.54) is 12.1 Å². The van der Waals surface area contributed by atoms with Crippen LogP contribution in [-0.2, 0) is 0 Å². The predicted octanol–water partition coefficient (Wildman–Crippen LogP) is 1.11. The molecule has 1 aliphatic heterocycles. The summed E-state index contributed by atoms with van der Waals surface area (Å²) in [7, 11) is 0. The van der Waals surface area contributed by atoms with Crippen LogP contribution >= 0.6 is 0 Å². The Balaban J connectivity index is 1.86. The summed E-state index contributed by atoms with van der Waals surface area (Å²) in [4.78, 5) is 67.4. The summed E-state index contributed by atoms with van der Waals surface area (Å²) in [5, 5.41) is 13.8. The van der Waals surface area contributed by atoms with Crippen molar-refractivity contribution in [2.75, 3.05) is 5.73 Å². The molecule has 2 amide bonds. The fourth-order valence-corrected chi connectivity index (χ4v) is 3.76. The number of nitro groups is 1. The monoisotopic (exact) mass is 444 g/mol. The number of rotatable bonds is 3. The highest BCUT2D eigenvalue weighted by Crippen LogP contribution is 2.31. The zero-order valence-electron chi connectivity index (χ0n) is 16.5. The van der Waals surface area contributed by atoms with Crippen molar-refractivity contribution in [3.8, 4) is 17.1 Å². The highest BCUT2D eigenvalue weighted by atomic mass is 16.6. The molecule has 12 nitrogen and oxygen atoms in total. The van der Waals surface area contributed by atoms with Crippen molar-refractivity contribution in [1.82, 2.24) is 19.9 Å². The fourth-order valence-electron chi connectivity index (χ4n) is 3.76. The molecule has 4 aromatic rings. The Morgan fingerprint density at radius 3 is 2.48 bits per heavy atom. The van der Waals surface area contributed by atoms with Gasteiger partial charge in [0.05, 0.1) is 32.6 Å². The van der Waals surface area contributed by atoms with E-state index in [0.29, 0.717) is 10.9 Å². The maximum absolute atomic E-state index is 12.9. The van der Waals surface area contributed by atoms with Gasteiger partial charge in [-0.1, -0.05) is 12.1 Å². The number of imide groups is 1. The van der Waals surface area contributed by atoms with E-state index in [1.807, 2.05) is 0 Å². The van der Waals surface area contributed by atoms with Gasteiger partial charge in [0.15, 0.2) is 0 Å². The first-order valence-electron chi connectivity index (χ1n) is 9.45. The molecule has 33 heavy (non-hydrogen) atoms. The van der Waals surface area contributed by atoms with Crippen LogP contribution in [0.5, 0.6) is 0 Å². The molecule has 0 spiro atoms. The largest absolute Gasteiger partial charge is 0.384 e. The molecule has 1 aliphatic rings. The van der Waals surface area contributed by atoms with Crippen LogP contribution in [0.2, 0.25) is 0 Å². The van der Waals surface area contributed by atoms with E-state index < -0.39 is 27.9 Å². The number of nitrogens with one attached hydrogen (secondary N) is 2. The number of carbonyl (C=O) groups is 2. The minimum atomic E-state index is -0.805. The van der Waals surface area contributed by atoms with Crippen LogP contribution in [0.25, 0.3) is 28.0 Å². The SMILES string of the molecule is Nc1c2c(cc(=O)n1-c1cc([N+](=O)[O-])ccc1-c1nc3ccccc3c(=O)[nH]1)C(=O)NC2=O. The van der Waals surface area contributed by atoms with Crippen molar-refractivity contribution in [2.24, 2.45) is 0 Å². The van der Waals surface area contributed by atoms with Gasteiger partial charge in [0.2, 0.25) is 0 Å². The van der Waals surface area contributed by atoms with E-state index in [2.05, 4.69) is 15.3 Å². The summed E-state index contributed by atoms with van der Waals surface area (Å²) in [5.41, 5.74) is 4.45. The van der Waals surface area contributed by atoms with Crippen LogP contribution in [-0.4, -0.2) is 31.3 Å². The zero-order valence-corrected chi connectivity index (χ0v) is 16.5. The van der Waals surface area contributed by atoms with Crippen LogP contribution in [0.4, 0.5) is 11.5 Å². The van der Waals surface area contributed by atoms with Gasteiger partial charge in [0, 0.05) is 23.8 Å². The van der Waals surface area contributed by atoms with Crippen LogP contribution in [0, 0.1) is 10.1 Å². The quantitative estimate of drug-likeness (QED) is 0.238. The van der Waals surface area contributed by atoms with Crippen molar-refractivity contribution in [3.05, 3.63) is 90.5 Å². The molecule has 2 aromatic carbocycles. The van der Waals surface area contributed by atoms with Gasteiger partial charge in [-0.25, -0.2) is 4.98 Å². The minimum Gasteiger partial charge on any atom is -0.384 e. The van der Waals surface area contributed by atoms with Crippen molar-refractivity contribution in [2.45, 2.75) is 0 Å². The summed E-state index contributed by atoms with van der Waals surface area (Å²) in [5.74, 6) is -1.93. The number of non-ortho nitro benzene ring substituents is 1. The Hall–Kier alpha value is -5.13. The van der Waals surface area contributed by atoms with Gasteiger partial charge in [0.25, 0.3) is 28.6 Å². The number of aromatic nitrogens is 3. The first-order valence-corrected chi connectivity index (χ1v) is 9.45. The number of para-hydroxylation sites is 1. The number of nitrogens with two attached hydrogens (primary N) is 1. The first-order chi connectivity index (χ1) is 15.8. The van der Waals surface area contributed by atoms with Gasteiger partial charge in [-0.05, 0) is 18.2 Å². The number of nitrogen functional groups attached to an aromatic ring is 1. The summed E-state index contributed by atoms with van der Waals surface area (Å²) in [6.45, 7) is 0. The average molecular weight is 444 g/mol. The lowest BCUT2D eigenvalue weighted by Crippen LogP contribution is -2.25. The van der Waals surface area contributed by atoms with Gasteiger partial charge in [-0.3, -0.25) is 39.2 Å². The summed E-state index contributed by atoms with van der Waals surface area (Å²) in [6.07, 6.45) is 0. The number of pyridine rings is 1. The van der Waals surface area contributed by atoms with Gasteiger partial charge >= 0.3 is 0 Å². The van der Waals surface area contributed by atoms with E-state index in [-0.39, 0.29) is 39.7 Å². The van der Waals surface area contributed by atoms with E-state index in [1.54, 1.807) is 24.3 Å². The number of H-pyrrole nitrogens is 1. The molecule has 0 bridgehead atoms. The molecule has 2 aromatic heterocycles. The van der Waals surface area contributed by atoms with E-state index in [9.17, 15) is 29.3 Å². The van der Waals surface area contributed by atoms with Crippen molar-refractivity contribution < 1.29 is 14.5 Å². The Morgan fingerprint density at radius 2 is 1.73 bits per heavy atom. The number of hydrogen-bond donors (Lipinski definition) is 3. The number of aromatic amines is 1. The highest BCUT2D eigenvalue weighted by Gasteiger charge is 2.32. The second-order valence-electron chi connectivity index (χ2n) is 7.17. The molecule has 3 heterocycles. The third-order valence-electron chi connectivity index (χ3n) is 5.25. The Labute approximate surface area is 182 Å². The van der Waals surface area contributed by atoms with E-state index in [4.69, 9.17) is 5.73 Å². The lowest BCUT2D eigenvalue weighted by atomic mass is 10.1. The molecule has 0 aliphatic carbocycles. The van der Waals surface area contributed by atoms with Crippen LogP contribution in [0.3, 0.4) is 0 Å². The van der Waals surface area contributed by atoms with Crippen molar-refractivity contribution >= 4 is 34.2 Å². The Kier molecular flexibility index (Phi) is 4.17. The highest BCUT2D eigenvalue weighted by molar-refractivity contribution is 6.23. The second-order valence-corrected chi connectivity index (χ2v) is 7.17.